The van der Waals surface area contributed by atoms with Crippen LogP contribution < -0.4 is 10.1 Å². The Bertz CT molecular complexity index is 519. The number of carbonyl (C=O) groups is 1. The molecule has 4 nitrogen and oxygen atoms in total. The highest BCUT2D eigenvalue weighted by Gasteiger charge is 2.09. The smallest absolute Gasteiger partial charge is 0.220 e. The predicted octanol–water partition coefficient (Wildman–Crippen LogP) is 3.79. The zero-order valence-electron chi connectivity index (χ0n) is 14.0. The van der Waals surface area contributed by atoms with E-state index in [1.165, 1.54) is 12.7 Å². The molecule has 0 spiro atoms. The third-order valence-electron chi connectivity index (χ3n) is 3.48. The minimum absolute atomic E-state index is 0.0525. The van der Waals surface area contributed by atoms with Gasteiger partial charge in [0.1, 0.15) is 0 Å². The number of allylic oxidation sites excluding steroid dienone is 2. The van der Waals surface area contributed by atoms with Crippen molar-refractivity contribution in [1.29, 1.82) is 0 Å². The molecule has 0 aliphatic rings. The number of methoxy groups -OCH3 is 1. The molecule has 0 radical (unpaired) electrons. The molecule has 1 amide bonds. The van der Waals surface area contributed by atoms with Crippen molar-refractivity contribution in [3.8, 4) is 11.5 Å². The van der Waals surface area contributed by atoms with E-state index in [2.05, 4.69) is 32.2 Å². The molecular weight excluding hydrogens is 278 g/mol. The summed E-state index contributed by atoms with van der Waals surface area (Å²) in [5.41, 5.74) is 2.22. The van der Waals surface area contributed by atoms with Gasteiger partial charge >= 0.3 is 0 Å². The minimum atomic E-state index is 0.0525. The van der Waals surface area contributed by atoms with E-state index in [1.807, 2.05) is 0 Å². The van der Waals surface area contributed by atoms with E-state index in [1.54, 1.807) is 18.2 Å². The van der Waals surface area contributed by atoms with Gasteiger partial charge in [-0.25, -0.2) is 0 Å². The maximum atomic E-state index is 11.9. The van der Waals surface area contributed by atoms with Gasteiger partial charge in [-0.15, -0.1) is 0 Å². The molecule has 1 aromatic rings. The summed E-state index contributed by atoms with van der Waals surface area (Å²) in [6.07, 6.45) is 4.78. The number of ether oxygens (including phenoxy) is 1. The number of hydrogen-bond donors (Lipinski definition) is 2. The Morgan fingerprint density at radius 3 is 2.77 bits per heavy atom. The molecule has 1 aromatic carbocycles. The topological polar surface area (TPSA) is 58.6 Å². The molecule has 0 bridgehead atoms. The van der Waals surface area contributed by atoms with Gasteiger partial charge in [0.05, 0.1) is 7.11 Å². The molecule has 4 heteroatoms. The molecule has 122 valence electrons. The molecule has 0 saturated heterocycles. The lowest BCUT2D eigenvalue weighted by molar-refractivity contribution is -0.122. The summed E-state index contributed by atoms with van der Waals surface area (Å²) in [5.74, 6) is 0.939. The largest absolute Gasteiger partial charge is 0.504 e. The molecule has 0 fully saturated rings. The summed E-state index contributed by atoms with van der Waals surface area (Å²) >= 11 is 0. The first-order valence-electron chi connectivity index (χ1n) is 7.68. The zero-order chi connectivity index (χ0) is 16.5. The van der Waals surface area contributed by atoms with Gasteiger partial charge in [-0.05, 0) is 50.3 Å². The monoisotopic (exact) mass is 305 g/mol. The van der Waals surface area contributed by atoms with Gasteiger partial charge in [0.25, 0.3) is 0 Å². The molecule has 1 rings (SSSR count). The van der Waals surface area contributed by atoms with Crippen molar-refractivity contribution in [2.45, 2.75) is 46.6 Å². The van der Waals surface area contributed by atoms with E-state index < -0.39 is 0 Å². The Morgan fingerprint density at radius 1 is 1.41 bits per heavy atom. The number of phenolic OH excluding ortho intramolecular Hbond substituents is 1. The molecule has 0 saturated carbocycles. The lowest BCUT2D eigenvalue weighted by Gasteiger charge is -2.11. The van der Waals surface area contributed by atoms with Crippen LogP contribution in [0.15, 0.2) is 29.8 Å². The van der Waals surface area contributed by atoms with Crippen LogP contribution in [-0.4, -0.2) is 18.1 Å². The van der Waals surface area contributed by atoms with Crippen molar-refractivity contribution in [1.82, 2.24) is 5.32 Å². The fraction of sp³-hybridized carbons (Fsp3) is 0.500. The second-order valence-electron chi connectivity index (χ2n) is 5.95. The SMILES string of the molecule is COc1cc(CNC(=O)C[C@@H](C)CCC=C(C)C)ccc1O. The molecule has 22 heavy (non-hydrogen) atoms. The zero-order valence-corrected chi connectivity index (χ0v) is 14.0. The third kappa shape index (κ3) is 6.66. The standard InChI is InChI=1S/C18H27NO3/c1-13(2)6-5-7-14(3)10-18(21)19-12-15-8-9-16(20)17(11-15)22-4/h6,8-9,11,14,20H,5,7,10,12H2,1-4H3,(H,19,21)/t14-/m0/s1. The predicted molar refractivity (Wildman–Crippen MR) is 89.0 cm³/mol. The van der Waals surface area contributed by atoms with Crippen LogP contribution in [-0.2, 0) is 11.3 Å². The van der Waals surface area contributed by atoms with Crippen LogP contribution in [0, 0.1) is 5.92 Å². The summed E-state index contributed by atoms with van der Waals surface area (Å²) in [5, 5.41) is 12.4. The van der Waals surface area contributed by atoms with Crippen molar-refractivity contribution in [3.05, 3.63) is 35.4 Å². The van der Waals surface area contributed by atoms with Gasteiger partial charge in [0.2, 0.25) is 5.91 Å². The van der Waals surface area contributed by atoms with Crippen molar-refractivity contribution in [2.75, 3.05) is 7.11 Å². The molecular formula is C18H27NO3. The van der Waals surface area contributed by atoms with E-state index >= 15 is 0 Å². The lowest BCUT2D eigenvalue weighted by Crippen LogP contribution is -2.24. The number of nitrogens with one attached hydrogen (secondary N) is 1. The Morgan fingerprint density at radius 2 is 2.14 bits per heavy atom. The number of benzene rings is 1. The molecule has 0 unspecified atom stereocenters. The second kappa shape index (κ2) is 9.13. The fourth-order valence-corrected chi connectivity index (χ4v) is 2.18. The molecule has 0 aliphatic heterocycles. The Labute approximate surface area is 133 Å². The van der Waals surface area contributed by atoms with E-state index in [9.17, 15) is 9.90 Å². The van der Waals surface area contributed by atoms with Crippen molar-refractivity contribution in [3.63, 3.8) is 0 Å². The highest BCUT2D eigenvalue weighted by atomic mass is 16.5. The van der Waals surface area contributed by atoms with E-state index in [0.717, 1.165) is 18.4 Å². The van der Waals surface area contributed by atoms with E-state index in [4.69, 9.17) is 4.74 Å². The van der Waals surface area contributed by atoms with Crippen molar-refractivity contribution in [2.24, 2.45) is 5.92 Å². The summed E-state index contributed by atoms with van der Waals surface area (Å²) in [6, 6.07) is 5.08. The average molecular weight is 305 g/mol. The fourth-order valence-electron chi connectivity index (χ4n) is 2.18. The van der Waals surface area contributed by atoms with E-state index in [-0.39, 0.29) is 11.7 Å². The molecule has 0 aromatic heterocycles. The Hall–Kier alpha value is -1.97. The second-order valence-corrected chi connectivity index (χ2v) is 5.95. The first-order valence-corrected chi connectivity index (χ1v) is 7.68. The number of phenols is 1. The van der Waals surface area contributed by atoms with E-state index in [0.29, 0.717) is 24.6 Å². The normalized spacial score (nSPS) is 11.6. The highest BCUT2D eigenvalue weighted by Crippen LogP contribution is 2.26. The number of rotatable bonds is 8. The number of carbonyl (C=O) groups excluding carboxylic acids is 1. The maximum Gasteiger partial charge on any atom is 0.220 e. The number of hydrogen-bond acceptors (Lipinski definition) is 3. The van der Waals surface area contributed by atoms with Gasteiger partial charge in [0, 0.05) is 13.0 Å². The van der Waals surface area contributed by atoms with Crippen LogP contribution in [0.4, 0.5) is 0 Å². The summed E-state index contributed by atoms with van der Waals surface area (Å²) in [7, 11) is 1.51. The van der Waals surface area contributed by atoms with Crippen LogP contribution in [0.25, 0.3) is 0 Å². The summed E-state index contributed by atoms with van der Waals surface area (Å²) < 4.78 is 5.05. The maximum absolute atomic E-state index is 11.9. The average Bonchev–Trinajstić information content (AvgIpc) is 2.46. The third-order valence-corrected chi connectivity index (χ3v) is 3.48. The van der Waals surface area contributed by atoms with Crippen LogP contribution in [0.1, 0.15) is 45.6 Å². The first kappa shape index (κ1) is 18.1. The summed E-state index contributed by atoms with van der Waals surface area (Å²) in [4.78, 5) is 11.9. The van der Waals surface area contributed by atoms with Crippen LogP contribution >= 0.6 is 0 Å². The number of aromatic hydroxyl groups is 1. The molecule has 0 aliphatic carbocycles. The number of amides is 1. The first-order chi connectivity index (χ1) is 10.4. The van der Waals surface area contributed by atoms with Gasteiger partial charge < -0.3 is 15.2 Å². The van der Waals surface area contributed by atoms with Gasteiger partial charge in [-0.1, -0.05) is 24.6 Å². The molecule has 0 heterocycles. The Balaban J connectivity index is 2.38. The van der Waals surface area contributed by atoms with Crippen LogP contribution in [0.5, 0.6) is 11.5 Å². The van der Waals surface area contributed by atoms with Crippen LogP contribution in [0.2, 0.25) is 0 Å². The molecule has 2 N–H and O–H groups in total. The van der Waals surface area contributed by atoms with Crippen LogP contribution in [0.3, 0.4) is 0 Å². The van der Waals surface area contributed by atoms with Gasteiger partial charge in [-0.2, -0.15) is 0 Å². The summed E-state index contributed by atoms with van der Waals surface area (Å²) in [6.45, 7) is 6.71. The van der Waals surface area contributed by atoms with Gasteiger partial charge in [0.15, 0.2) is 11.5 Å². The highest BCUT2D eigenvalue weighted by molar-refractivity contribution is 5.76. The lowest BCUT2D eigenvalue weighted by atomic mass is 10.0. The quantitative estimate of drug-likeness (QED) is 0.718. The minimum Gasteiger partial charge on any atom is -0.504 e. The molecule has 1 atom stereocenters. The van der Waals surface area contributed by atoms with Gasteiger partial charge in [-0.3, -0.25) is 4.79 Å². The van der Waals surface area contributed by atoms with Crippen molar-refractivity contribution < 1.29 is 14.6 Å². The Kier molecular flexibility index (Phi) is 7.50. The van der Waals surface area contributed by atoms with Crippen molar-refractivity contribution >= 4 is 5.91 Å².